The Kier molecular flexibility index (Phi) is 8.45. The maximum absolute atomic E-state index is 5.47. The van der Waals surface area contributed by atoms with Crippen LogP contribution in [0.25, 0.3) is 0 Å². The maximum atomic E-state index is 5.47. The first-order chi connectivity index (χ1) is 13.0. The van der Waals surface area contributed by atoms with Gasteiger partial charge < -0.3 is 4.74 Å². The lowest BCUT2D eigenvalue weighted by Gasteiger charge is -2.41. The molecule has 0 aromatic carbocycles. The Balaban J connectivity index is 1.77. The first kappa shape index (κ1) is 22.0. The second-order valence-corrected chi connectivity index (χ2v) is 11.5. The van der Waals surface area contributed by atoms with Crippen LogP contribution >= 0.6 is 7.92 Å². The molecule has 3 rings (SSSR count). The Hall–Kier alpha value is 0.310. The number of hydrogen-bond donors (Lipinski definition) is 1. The van der Waals surface area contributed by atoms with Gasteiger partial charge in [0.05, 0.1) is 6.61 Å². The van der Waals surface area contributed by atoms with Crippen LogP contribution in [0.2, 0.25) is 0 Å². The van der Waals surface area contributed by atoms with Gasteiger partial charge in [0.2, 0.25) is 0 Å². The number of nitrogens with zero attached hydrogens (tertiary/aromatic N) is 1. The molecule has 1 aliphatic heterocycles. The van der Waals surface area contributed by atoms with Gasteiger partial charge in [-0.05, 0) is 69.1 Å². The third-order valence-corrected chi connectivity index (χ3v) is 8.77. The number of hydrazine groups is 1. The van der Waals surface area contributed by atoms with Crippen LogP contribution in [0.15, 0.2) is 0 Å². The highest BCUT2D eigenvalue weighted by Crippen LogP contribution is 2.64. The molecule has 2 saturated carbocycles. The van der Waals surface area contributed by atoms with Gasteiger partial charge in [-0.1, -0.05) is 35.6 Å². The Morgan fingerprint density at radius 2 is 1.78 bits per heavy atom. The summed E-state index contributed by atoms with van der Waals surface area (Å²) in [6, 6.07) is 0.674. The average Bonchev–Trinajstić information content (AvgIpc) is 3.35. The van der Waals surface area contributed by atoms with Crippen LogP contribution in [0.1, 0.15) is 40.5 Å². The quantitative estimate of drug-likeness (QED) is 0.594. The summed E-state index contributed by atoms with van der Waals surface area (Å²) in [6.07, 6.45) is 18.2. The SMILES string of the molecule is COC[C@@H]1CCCN1N[C@@H]([C]1[CH][CH][CH][CH]1)[C]1[CH][CH][CH][C]1P(C(C)C)C(C)C. The molecule has 0 bridgehead atoms. The molecule has 10 radical (unpaired) electrons. The van der Waals surface area contributed by atoms with Gasteiger partial charge >= 0.3 is 0 Å². The van der Waals surface area contributed by atoms with Crippen LogP contribution in [-0.4, -0.2) is 48.7 Å². The number of rotatable bonds is 9. The molecule has 0 aromatic rings. The zero-order chi connectivity index (χ0) is 19.4. The Morgan fingerprint density at radius 3 is 2.41 bits per heavy atom. The molecular formula is C23H35N2OP. The minimum Gasteiger partial charge on any atom is -0.383 e. The molecule has 0 amide bonds. The van der Waals surface area contributed by atoms with Crippen molar-refractivity contribution in [1.29, 1.82) is 0 Å². The second-order valence-electron chi connectivity index (χ2n) is 8.19. The van der Waals surface area contributed by atoms with Crippen molar-refractivity contribution in [3.63, 3.8) is 0 Å². The van der Waals surface area contributed by atoms with Crippen molar-refractivity contribution in [1.82, 2.24) is 10.4 Å². The van der Waals surface area contributed by atoms with Gasteiger partial charge in [-0.3, -0.25) is 5.43 Å². The predicted molar refractivity (Wildman–Crippen MR) is 116 cm³/mol. The lowest BCUT2D eigenvalue weighted by molar-refractivity contribution is 0.0758. The van der Waals surface area contributed by atoms with Crippen molar-refractivity contribution in [2.24, 2.45) is 0 Å². The largest absolute Gasteiger partial charge is 0.383 e. The normalized spacial score (nSPS) is 27.8. The summed E-state index contributed by atoms with van der Waals surface area (Å²) in [5, 5.41) is 2.42. The Morgan fingerprint density at radius 1 is 1.07 bits per heavy atom. The van der Waals surface area contributed by atoms with Crippen LogP contribution in [0, 0.1) is 62.4 Å². The molecule has 0 unspecified atom stereocenters. The fourth-order valence-electron chi connectivity index (χ4n) is 4.50. The summed E-state index contributed by atoms with van der Waals surface area (Å²) in [6.45, 7) is 11.4. The average molecular weight is 387 g/mol. The lowest BCUT2D eigenvalue weighted by atomic mass is 9.86. The molecule has 0 aromatic heterocycles. The summed E-state index contributed by atoms with van der Waals surface area (Å²) >= 11 is 0. The molecule has 2 atom stereocenters. The first-order valence-corrected chi connectivity index (χ1v) is 11.8. The molecule has 4 heteroatoms. The molecule has 0 spiro atoms. The molecule has 3 nitrogen and oxygen atoms in total. The van der Waals surface area contributed by atoms with E-state index in [0.717, 1.165) is 13.2 Å². The van der Waals surface area contributed by atoms with Crippen LogP contribution in [-0.2, 0) is 4.74 Å². The fraction of sp³-hybridized carbons (Fsp3) is 0.565. The zero-order valence-electron chi connectivity index (χ0n) is 17.5. The molecule has 3 fully saturated rings. The van der Waals surface area contributed by atoms with Crippen LogP contribution < -0.4 is 5.43 Å². The summed E-state index contributed by atoms with van der Waals surface area (Å²) in [5.41, 5.74) is 6.84. The minimum atomic E-state index is -0.185. The molecule has 148 valence electrons. The molecule has 2 aliphatic carbocycles. The Bertz CT molecular complexity index is 430. The van der Waals surface area contributed by atoms with E-state index in [1.165, 1.54) is 24.7 Å². The molecule has 27 heavy (non-hydrogen) atoms. The molecule has 1 N–H and O–H groups in total. The molecule has 3 aliphatic rings. The van der Waals surface area contributed by atoms with Gasteiger partial charge in [-0.25, -0.2) is 5.01 Å². The van der Waals surface area contributed by atoms with E-state index in [1.807, 2.05) is 0 Å². The van der Waals surface area contributed by atoms with E-state index in [4.69, 9.17) is 4.74 Å². The highest BCUT2D eigenvalue weighted by atomic mass is 31.1. The Labute approximate surface area is 170 Å². The van der Waals surface area contributed by atoms with Gasteiger partial charge in [0.25, 0.3) is 0 Å². The highest BCUT2D eigenvalue weighted by molar-refractivity contribution is 7.62. The van der Waals surface area contributed by atoms with Crippen molar-refractivity contribution in [2.45, 2.75) is 63.9 Å². The van der Waals surface area contributed by atoms with Crippen molar-refractivity contribution >= 4 is 7.92 Å². The van der Waals surface area contributed by atoms with Crippen LogP contribution in [0.3, 0.4) is 0 Å². The molecule has 1 saturated heterocycles. The fourth-order valence-corrected chi connectivity index (χ4v) is 7.56. The minimum absolute atomic E-state index is 0.185. The third kappa shape index (κ3) is 5.27. The van der Waals surface area contributed by atoms with E-state index in [9.17, 15) is 0 Å². The van der Waals surface area contributed by atoms with E-state index in [-0.39, 0.29) is 14.0 Å². The van der Waals surface area contributed by atoms with E-state index in [1.54, 1.807) is 12.8 Å². The van der Waals surface area contributed by atoms with Gasteiger partial charge in [0.1, 0.15) is 0 Å². The predicted octanol–water partition coefficient (Wildman–Crippen LogP) is 4.41. The standard InChI is InChI=1S/C23H35N2OP/c1-17(2)27(18(3)4)22-14-8-13-21(22)23(19-10-6-7-11-19)24-25-15-9-12-20(25)16-26-5/h6-8,10-11,13-14,17-18,20,23-24H,9,12,15-16H2,1-5H3/t20-,23-/m0/s1. The van der Waals surface area contributed by atoms with Crippen molar-refractivity contribution < 1.29 is 4.74 Å². The molecule has 1 heterocycles. The zero-order valence-corrected chi connectivity index (χ0v) is 18.4. The van der Waals surface area contributed by atoms with Crippen LogP contribution in [0.4, 0.5) is 0 Å². The van der Waals surface area contributed by atoms with E-state index < -0.39 is 0 Å². The monoisotopic (exact) mass is 386 g/mol. The van der Waals surface area contributed by atoms with Crippen molar-refractivity contribution in [2.75, 3.05) is 20.3 Å². The maximum Gasteiger partial charge on any atom is 0.0632 e. The number of hydrogen-bond acceptors (Lipinski definition) is 3. The summed E-state index contributed by atoms with van der Waals surface area (Å²) in [7, 11) is 1.62. The van der Waals surface area contributed by atoms with Gasteiger partial charge in [0, 0.05) is 43.2 Å². The number of ether oxygens (including phenoxy) is 1. The van der Waals surface area contributed by atoms with Crippen molar-refractivity contribution in [3.8, 4) is 0 Å². The van der Waals surface area contributed by atoms with Gasteiger partial charge in [-0.15, -0.1) is 0 Å². The second kappa shape index (κ2) is 10.4. The topological polar surface area (TPSA) is 24.5 Å². The lowest BCUT2D eigenvalue weighted by Crippen LogP contribution is -2.53. The highest BCUT2D eigenvalue weighted by Gasteiger charge is 2.46. The number of methoxy groups -OCH3 is 1. The van der Waals surface area contributed by atoms with E-state index in [0.29, 0.717) is 17.4 Å². The molecular weight excluding hydrogens is 351 g/mol. The smallest absolute Gasteiger partial charge is 0.0632 e. The van der Waals surface area contributed by atoms with E-state index >= 15 is 0 Å². The van der Waals surface area contributed by atoms with Crippen LogP contribution in [0.5, 0.6) is 0 Å². The van der Waals surface area contributed by atoms with Crippen molar-refractivity contribution in [3.05, 3.63) is 62.4 Å². The van der Waals surface area contributed by atoms with E-state index in [2.05, 4.69) is 83.1 Å². The van der Waals surface area contributed by atoms with Gasteiger partial charge in [-0.2, -0.15) is 0 Å². The summed E-state index contributed by atoms with van der Waals surface area (Å²) in [4.78, 5) is 0. The number of nitrogens with one attached hydrogen (secondary N) is 1. The first-order valence-electron chi connectivity index (χ1n) is 10.3. The summed E-state index contributed by atoms with van der Waals surface area (Å²) in [5.74, 6) is 2.81. The third-order valence-electron chi connectivity index (χ3n) is 5.58. The van der Waals surface area contributed by atoms with Gasteiger partial charge in [0.15, 0.2) is 0 Å². The summed E-state index contributed by atoms with van der Waals surface area (Å²) < 4.78 is 5.47.